The second kappa shape index (κ2) is 6.35. The van der Waals surface area contributed by atoms with Gasteiger partial charge in [0.25, 0.3) is 15.9 Å². The van der Waals surface area contributed by atoms with Crippen LogP contribution in [-0.4, -0.2) is 59.8 Å². The molecule has 0 aliphatic carbocycles. The molecular formula is C18H22N2O5S. The molecule has 2 saturated heterocycles. The average molecular weight is 378 g/mol. The largest absolute Gasteiger partial charge is 0.396 e. The quantitative estimate of drug-likeness (QED) is 0.843. The molecule has 0 spiro atoms. The SMILES string of the molecule is O=C(CCN1C(=O)c2ccccc2S1(=O)=O)N1[C@@H]2CC[C@H]1CC(CO)C2. The van der Waals surface area contributed by atoms with Gasteiger partial charge in [-0.3, -0.25) is 9.59 Å². The van der Waals surface area contributed by atoms with Crippen molar-refractivity contribution < 1.29 is 23.1 Å². The number of carbonyl (C=O) groups excluding carboxylic acids is 2. The highest BCUT2D eigenvalue weighted by Gasteiger charge is 2.44. The summed E-state index contributed by atoms with van der Waals surface area (Å²) >= 11 is 0. The van der Waals surface area contributed by atoms with Crippen LogP contribution in [0, 0.1) is 5.92 Å². The molecule has 2 fully saturated rings. The molecule has 2 amide bonds. The molecule has 3 heterocycles. The Hall–Kier alpha value is -1.93. The van der Waals surface area contributed by atoms with Gasteiger partial charge >= 0.3 is 0 Å². The summed E-state index contributed by atoms with van der Waals surface area (Å²) in [7, 11) is -3.87. The number of hydrogen-bond acceptors (Lipinski definition) is 5. The van der Waals surface area contributed by atoms with Crippen LogP contribution in [0.25, 0.3) is 0 Å². The number of rotatable bonds is 4. The number of aliphatic hydroxyl groups excluding tert-OH is 1. The molecule has 3 aliphatic heterocycles. The van der Waals surface area contributed by atoms with Gasteiger partial charge in [0.2, 0.25) is 5.91 Å². The number of hydrogen-bond donors (Lipinski definition) is 1. The van der Waals surface area contributed by atoms with Crippen molar-refractivity contribution in [3.05, 3.63) is 29.8 Å². The van der Waals surface area contributed by atoms with Gasteiger partial charge in [0.15, 0.2) is 0 Å². The van der Waals surface area contributed by atoms with Crippen LogP contribution in [0.4, 0.5) is 0 Å². The lowest BCUT2D eigenvalue weighted by Gasteiger charge is -2.38. The lowest BCUT2D eigenvalue weighted by molar-refractivity contribution is -0.136. The Morgan fingerprint density at radius 1 is 1.15 bits per heavy atom. The van der Waals surface area contributed by atoms with Crippen LogP contribution in [0.5, 0.6) is 0 Å². The van der Waals surface area contributed by atoms with Crippen molar-refractivity contribution in [1.29, 1.82) is 0 Å². The molecule has 140 valence electrons. The first kappa shape index (κ1) is 17.5. The molecular weight excluding hydrogens is 356 g/mol. The third-order valence-corrected chi connectivity index (χ3v) is 7.66. The summed E-state index contributed by atoms with van der Waals surface area (Å²) in [6, 6.07) is 6.38. The molecule has 3 atom stereocenters. The Kier molecular flexibility index (Phi) is 4.27. The standard InChI is InChI=1S/C18H22N2O5S/c21-11-12-9-13-5-6-14(10-12)20(13)17(22)7-8-19-18(23)15-3-1-2-4-16(15)26(19,24)25/h1-4,12-14,21H,5-11H2/t12?,13-,14+. The molecule has 1 N–H and O–H groups in total. The van der Waals surface area contributed by atoms with E-state index in [9.17, 15) is 23.1 Å². The summed E-state index contributed by atoms with van der Waals surface area (Å²) in [5.41, 5.74) is 0.170. The van der Waals surface area contributed by atoms with Crippen LogP contribution in [0.3, 0.4) is 0 Å². The normalized spacial score (nSPS) is 29.1. The average Bonchev–Trinajstić information content (AvgIpc) is 3.01. The zero-order valence-corrected chi connectivity index (χ0v) is 15.2. The molecule has 4 rings (SSSR count). The minimum absolute atomic E-state index is 0.00422. The van der Waals surface area contributed by atoms with Crippen LogP contribution in [0.2, 0.25) is 0 Å². The maximum atomic E-state index is 12.7. The number of nitrogens with zero attached hydrogens (tertiary/aromatic N) is 2. The molecule has 2 bridgehead atoms. The Bertz CT molecular complexity index is 839. The third-order valence-electron chi connectivity index (χ3n) is 5.82. The first-order valence-electron chi connectivity index (χ1n) is 9.01. The van der Waals surface area contributed by atoms with Gasteiger partial charge < -0.3 is 10.0 Å². The lowest BCUT2D eigenvalue weighted by atomic mass is 9.91. The molecule has 1 unspecified atom stereocenters. The van der Waals surface area contributed by atoms with Crippen molar-refractivity contribution in [2.24, 2.45) is 5.92 Å². The van der Waals surface area contributed by atoms with Crippen molar-refractivity contribution >= 4 is 21.8 Å². The van der Waals surface area contributed by atoms with Gasteiger partial charge in [-0.05, 0) is 43.7 Å². The van der Waals surface area contributed by atoms with Gasteiger partial charge in [0.05, 0.1) is 5.56 Å². The van der Waals surface area contributed by atoms with Crippen LogP contribution in [-0.2, 0) is 14.8 Å². The van der Waals surface area contributed by atoms with E-state index in [1.807, 2.05) is 4.90 Å². The summed E-state index contributed by atoms with van der Waals surface area (Å²) in [5.74, 6) is -0.421. The second-order valence-electron chi connectivity index (χ2n) is 7.33. The van der Waals surface area contributed by atoms with Gasteiger partial charge in [-0.2, -0.15) is 0 Å². The van der Waals surface area contributed by atoms with Crippen molar-refractivity contribution in [3.63, 3.8) is 0 Å². The molecule has 3 aliphatic rings. The molecule has 0 saturated carbocycles. The molecule has 8 heteroatoms. The van der Waals surface area contributed by atoms with Gasteiger partial charge in [0.1, 0.15) is 4.90 Å². The fourth-order valence-corrected chi connectivity index (χ4v) is 6.19. The fourth-order valence-electron chi connectivity index (χ4n) is 4.62. The maximum Gasteiger partial charge on any atom is 0.269 e. The topological polar surface area (TPSA) is 95.0 Å². The van der Waals surface area contributed by atoms with E-state index in [-0.39, 0.29) is 53.9 Å². The van der Waals surface area contributed by atoms with Gasteiger partial charge in [-0.1, -0.05) is 12.1 Å². The molecule has 1 aromatic rings. The molecule has 0 radical (unpaired) electrons. The number of sulfonamides is 1. The summed E-state index contributed by atoms with van der Waals surface area (Å²) in [4.78, 5) is 27.0. The van der Waals surface area contributed by atoms with E-state index < -0.39 is 15.9 Å². The van der Waals surface area contributed by atoms with Crippen molar-refractivity contribution in [1.82, 2.24) is 9.21 Å². The first-order chi connectivity index (χ1) is 12.4. The number of benzene rings is 1. The van der Waals surface area contributed by atoms with Crippen LogP contribution in [0.15, 0.2) is 29.2 Å². The zero-order chi connectivity index (χ0) is 18.5. The third kappa shape index (κ3) is 2.63. The van der Waals surface area contributed by atoms with E-state index in [0.29, 0.717) is 0 Å². The smallest absolute Gasteiger partial charge is 0.269 e. The lowest BCUT2D eigenvalue weighted by Crippen LogP contribution is -2.48. The van der Waals surface area contributed by atoms with E-state index in [2.05, 4.69) is 0 Å². The van der Waals surface area contributed by atoms with Gasteiger partial charge in [-0.15, -0.1) is 0 Å². The Morgan fingerprint density at radius 3 is 2.42 bits per heavy atom. The molecule has 1 aromatic carbocycles. The number of carbonyl (C=O) groups is 2. The molecule has 0 aromatic heterocycles. The Labute approximate surface area is 152 Å². The Balaban J connectivity index is 1.46. The summed E-state index contributed by atoms with van der Waals surface area (Å²) in [6.45, 7) is 0.0157. The minimum Gasteiger partial charge on any atom is -0.396 e. The predicted octanol–water partition coefficient (Wildman–Crippen LogP) is 0.983. The molecule has 26 heavy (non-hydrogen) atoms. The number of amides is 2. The van der Waals surface area contributed by atoms with Crippen molar-refractivity contribution in [3.8, 4) is 0 Å². The highest BCUT2D eigenvalue weighted by atomic mass is 32.2. The highest BCUT2D eigenvalue weighted by Crippen LogP contribution is 2.39. The van der Waals surface area contributed by atoms with Gasteiger partial charge in [-0.25, -0.2) is 12.7 Å². The zero-order valence-electron chi connectivity index (χ0n) is 14.4. The van der Waals surface area contributed by atoms with E-state index in [1.54, 1.807) is 12.1 Å². The van der Waals surface area contributed by atoms with Crippen LogP contribution >= 0.6 is 0 Å². The number of aliphatic hydroxyl groups is 1. The summed E-state index contributed by atoms with van der Waals surface area (Å²) < 4.78 is 25.9. The van der Waals surface area contributed by atoms with Crippen molar-refractivity contribution in [2.45, 2.75) is 49.1 Å². The van der Waals surface area contributed by atoms with Crippen LogP contribution < -0.4 is 0 Å². The minimum atomic E-state index is -3.87. The fraction of sp³-hybridized carbons (Fsp3) is 0.556. The summed E-state index contributed by atoms with van der Waals surface area (Å²) in [6.07, 6.45) is 3.45. The second-order valence-corrected chi connectivity index (χ2v) is 9.17. The van der Waals surface area contributed by atoms with E-state index in [0.717, 1.165) is 30.0 Å². The Morgan fingerprint density at radius 2 is 1.81 bits per heavy atom. The highest BCUT2D eigenvalue weighted by molar-refractivity contribution is 7.90. The van der Waals surface area contributed by atoms with Gasteiger partial charge in [0, 0.05) is 31.7 Å². The molecule has 7 nitrogen and oxygen atoms in total. The van der Waals surface area contributed by atoms with Crippen molar-refractivity contribution in [2.75, 3.05) is 13.2 Å². The van der Waals surface area contributed by atoms with Crippen LogP contribution in [0.1, 0.15) is 42.5 Å². The number of fused-ring (bicyclic) bond motifs is 3. The summed E-state index contributed by atoms with van der Waals surface area (Å²) in [5, 5.41) is 9.38. The van der Waals surface area contributed by atoms with E-state index in [4.69, 9.17) is 0 Å². The maximum absolute atomic E-state index is 12.7. The number of piperidine rings is 1. The van der Waals surface area contributed by atoms with E-state index in [1.165, 1.54) is 12.1 Å². The monoisotopic (exact) mass is 378 g/mol. The first-order valence-corrected chi connectivity index (χ1v) is 10.5. The van der Waals surface area contributed by atoms with E-state index >= 15 is 0 Å². The predicted molar refractivity (Wildman–Crippen MR) is 92.7 cm³/mol.